The van der Waals surface area contributed by atoms with Gasteiger partial charge < -0.3 is 0 Å². The number of hydrogen-bond acceptors (Lipinski definition) is 3. The molecule has 122 valence electrons. The molecule has 0 atom stereocenters. The molecule has 1 aliphatic rings. The largest absolute Gasteiger partial charge is 0.294 e. The van der Waals surface area contributed by atoms with Crippen molar-refractivity contribution in [1.82, 2.24) is 14.9 Å². The summed E-state index contributed by atoms with van der Waals surface area (Å²) >= 11 is 0. The zero-order valence-corrected chi connectivity index (χ0v) is 13.0. The SMILES string of the molecule is CCCc1ncc2c(n1)CCN(Cc1ccc(F)c(F)c1F)C2. The summed E-state index contributed by atoms with van der Waals surface area (Å²) in [5.41, 5.74) is 2.21. The van der Waals surface area contributed by atoms with E-state index < -0.39 is 17.5 Å². The molecule has 0 aliphatic carbocycles. The molecule has 0 N–H and O–H groups in total. The molecular formula is C17H18F3N3. The van der Waals surface area contributed by atoms with E-state index in [1.807, 2.05) is 11.1 Å². The fourth-order valence-electron chi connectivity index (χ4n) is 2.82. The number of aromatic nitrogens is 2. The van der Waals surface area contributed by atoms with E-state index in [-0.39, 0.29) is 12.1 Å². The Morgan fingerprint density at radius 3 is 2.78 bits per heavy atom. The van der Waals surface area contributed by atoms with Crippen molar-refractivity contribution in [3.63, 3.8) is 0 Å². The molecule has 0 saturated carbocycles. The minimum Gasteiger partial charge on any atom is -0.294 e. The van der Waals surface area contributed by atoms with E-state index in [1.165, 1.54) is 6.07 Å². The molecule has 0 saturated heterocycles. The molecule has 1 aliphatic heterocycles. The van der Waals surface area contributed by atoms with Gasteiger partial charge in [0.1, 0.15) is 5.82 Å². The third-order valence-electron chi connectivity index (χ3n) is 4.05. The quantitative estimate of drug-likeness (QED) is 0.808. The highest BCUT2D eigenvalue weighted by Gasteiger charge is 2.21. The van der Waals surface area contributed by atoms with Crippen LogP contribution in [-0.2, 0) is 25.9 Å². The molecule has 0 radical (unpaired) electrons. The summed E-state index contributed by atoms with van der Waals surface area (Å²) in [6.45, 7) is 3.61. The summed E-state index contributed by atoms with van der Waals surface area (Å²) in [4.78, 5) is 10.9. The van der Waals surface area contributed by atoms with Crippen LogP contribution in [0.5, 0.6) is 0 Å². The minimum atomic E-state index is -1.41. The zero-order valence-electron chi connectivity index (χ0n) is 13.0. The van der Waals surface area contributed by atoms with Crippen LogP contribution in [0.1, 0.15) is 36.0 Å². The Kier molecular flexibility index (Phi) is 4.61. The van der Waals surface area contributed by atoms with Gasteiger partial charge in [-0.05, 0) is 12.5 Å². The second-order valence-electron chi connectivity index (χ2n) is 5.80. The van der Waals surface area contributed by atoms with Gasteiger partial charge in [0.15, 0.2) is 17.5 Å². The van der Waals surface area contributed by atoms with Gasteiger partial charge in [-0.25, -0.2) is 23.1 Å². The van der Waals surface area contributed by atoms with Gasteiger partial charge in [0, 0.05) is 55.5 Å². The second-order valence-corrected chi connectivity index (χ2v) is 5.80. The van der Waals surface area contributed by atoms with Gasteiger partial charge in [-0.2, -0.15) is 0 Å². The predicted octanol–water partition coefficient (Wildman–Crippen LogP) is 3.40. The van der Waals surface area contributed by atoms with Gasteiger partial charge in [-0.1, -0.05) is 13.0 Å². The van der Waals surface area contributed by atoms with E-state index in [9.17, 15) is 13.2 Å². The number of nitrogens with zero attached hydrogens (tertiary/aromatic N) is 3. The van der Waals surface area contributed by atoms with Crippen molar-refractivity contribution in [2.75, 3.05) is 6.54 Å². The summed E-state index contributed by atoms with van der Waals surface area (Å²) in [7, 11) is 0. The predicted molar refractivity (Wildman–Crippen MR) is 80.2 cm³/mol. The first-order valence-corrected chi connectivity index (χ1v) is 7.77. The molecule has 1 aromatic heterocycles. The standard InChI is InChI=1S/C17H18F3N3/c1-2-3-15-21-8-12-10-23(7-6-14(12)22-15)9-11-4-5-13(18)17(20)16(11)19/h4-5,8H,2-3,6-7,9-10H2,1H3. The highest BCUT2D eigenvalue weighted by atomic mass is 19.2. The van der Waals surface area contributed by atoms with Crippen molar-refractivity contribution >= 4 is 0 Å². The van der Waals surface area contributed by atoms with Gasteiger partial charge in [0.2, 0.25) is 0 Å². The van der Waals surface area contributed by atoms with Gasteiger partial charge in [0.25, 0.3) is 0 Å². The molecule has 0 bridgehead atoms. The maximum atomic E-state index is 13.8. The van der Waals surface area contributed by atoms with Crippen molar-refractivity contribution in [2.45, 2.75) is 39.3 Å². The lowest BCUT2D eigenvalue weighted by Crippen LogP contribution is -2.31. The zero-order chi connectivity index (χ0) is 16.4. The van der Waals surface area contributed by atoms with E-state index >= 15 is 0 Å². The smallest absolute Gasteiger partial charge is 0.194 e. The first-order chi connectivity index (χ1) is 11.1. The van der Waals surface area contributed by atoms with Crippen LogP contribution < -0.4 is 0 Å². The van der Waals surface area contributed by atoms with Crippen molar-refractivity contribution < 1.29 is 13.2 Å². The third kappa shape index (κ3) is 3.37. The first kappa shape index (κ1) is 15.9. The van der Waals surface area contributed by atoms with Gasteiger partial charge in [-0.3, -0.25) is 4.90 Å². The Morgan fingerprint density at radius 1 is 1.17 bits per heavy atom. The topological polar surface area (TPSA) is 29.0 Å². The van der Waals surface area contributed by atoms with Crippen LogP contribution in [0.4, 0.5) is 13.2 Å². The van der Waals surface area contributed by atoms with Crippen LogP contribution in [0.25, 0.3) is 0 Å². The number of hydrogen-bond donors (Lipinski definition) is 0. The molecule has 0 spiro atoms. The van der Waals surface area contributed by atoms with Crippen LogP contribution in [0.2, 0.25) is 0 Å². The summed E-state index contributed by atoms with van der Waals surface area (Å²) in [5.74, 6) is -2.82. The summed E-state index contributed by atoms with van der Waals surface area (Å²) < 4.78 is 40.1. The van der Waals surface area contributed by atoms with Crippen molar-refractivity contribution in [1.29, 1.82) is 0 Å². The van der Waals surface area contributed by atoms with Crippen molar-refractivity contribution in [3.8, 4) is 0 Å². The van der Waals surface area contributed by atoms with E-state index in [0.717, 1.165) is 42.4 Å². The van der Waals surface area contributed by atoms with Crippen molar-refractivity contribution in [3.05, 3.63) is 58.4 Å². The van der Waals surface area contributed by atoms with Gasteiger partial charge >= 0.3 is 0 Å². The van der Waals surface area contributed by atoms with E-state index in [0.29, 0.717) is 13.1 Å². The molecule has 23 heavy (non-hydrogen) atoms. The highest BCUT2D eigenvalue weighted by Crippen LogP contribution is 2.21. The maximum Gasteiger partial charge on any atom is 0.194 e. The fourth-order valence-corrected chi connectivity index (χ4v) is 2.82. The molecule has 6 heteroatoms. The normalized spacial score (nSPS) is 14.8. The molecule has 2 heterocycles. The number of fused-ring (bicyclic) bond motifs is 1. The maximum absolute atomic E-state index is 13.8. The Labute approximate surface area is 133 Å². The first-order valence-electron chi connectivity index (χ1n) is 7.77. The molecular weight excluding hydrogens is 303 g/mol. The minimum absolute atomic E-state index is 0.163. The Morgan fingerprint density at radius 2 is 2.00 bits per heavy atom. The monoisotopic (exact) mass is 321 g/mol. The number of aryl methyl sites for hydroxylation is 1. The lowest BCUT2D eigenvalue weighted by atomic mass is 10.1. The Balaban J connectivity index is 1.74. The molecule has 0 fully saturated rings. The lowest BCUT2D eigenvalue weighted by Gasteiger charge is -2.28. The average Bonchev–Trinajstić information content (AvgIpc) is 2.56. The molecule has 3 nitrogen and oxygen atoms in total. The van der Waals surface area contributed by atoms with Crippen molar-refractivity contribution in [2.24, 2.45) is 0 Å². The van der Waals surface area contributed by atoms with Crippen LogP contribution in [0.15, 0.2) is 18.3 Å². The van der Waals surface area contributed by atoms with Crippen LogP contribution >= 0.6 is 0 Å². The van der Waals surface area contributed by atoms with Gasteiger partial charge in [-0.15, -0.1) is 0 Å². The molecule has 2 aromatic rings. The van der Waals surface area contributed by atoms with Crippen LogP contribution in [0, 0.1) is 17.5 Å². The molecule has 0 amide bonds. The number of benzene rings is 1. The Bertz CT molecular complexity index is 718. The number of rotatable bonds is 4. The third-order valence-corrected chi connectivity index (χ3v) is 4.05. The average molecular weight is 321 g/mol. The highest BCUT2D eigenvalue weighted by molar-refractivity contribution is 5.23. The van der Waals surface area contributed by atoms with E-state index in [2.05, 4.69) is 16.9 Å². The molecule has 0 unspecified atom stereocenters. The molecule has 3 rings (SSSR count). The lowest BCUT2D eigenvalue weighted by molar-refractivity contribution is 0.237. The van der Waals surface area contributed by atoms with Crippen LogP contribution in [-0.4, -0.2) is 21.4 Å². The fraction of sp³-hybridized carbons (Fsp3) is 0.412. The summed E-state index contributed by atoms with van der Waals surface area (Å²) in [6.07, 6.45) is 4.43. The summed E-state index contributed by atoms with van der Waals surface area (Å²) in [6, 6.07) is 2.26. The summed E-state index contributed by atoms with van der Waals surface area (Å²) in [5, 5.41) is 0. The van der Waals surface area contributed by atoms with Crippen LogP contribution in [0.3, 0.4) is 0 Å². The van der Waals surface area contributed by atoms with E-state index in [4.69, 9.17) is 0 Å². The van der Waals surface area contributed by atoms with Gasteiger partial charge in [0.05, 0.1) is 0 Å². The second kappa shape index (κ2) is 6.66. The van der Waals surface area contributed by atoms with E-state index in [1.54, 1.807) is 0 Å². The Hall–Kier alpha value is -1.95. The number of halogens is 3. The molecule has 1 aromatic carbocycles.